The van der Waals surface area contributed by atoms with Crippen molar-refractivity contribution in [2.75, 3.05) is 7.11 Å². The van der Waals surface area contributed by atoms with Crippen LogP contribution in [0.4, 0.5) is 30.7 Å². The maximum absolute atomic E-state index is 12.7. The Morgan fingerprint density at radius 1 is 1.12 bits per heavy atom. The van der Waals surface area contributed by atoms with Gasteiger partial charge in [-0.25, -0.2) is 4.79 Å². The van der Waals surface area contributed by atoms with Crippen molar-refractivity contribution in [2.45, 2.75) is 24.4 Å². The molecule has 9 heteroatoms. The monoisotopic (exact) mass is 268 g/mol. The van der Waals surface area contributed by atoms with Crippen molar-refractivity contribution in [3.8, 4) is 0 Å². The Morgan fingerprint density at radius 2 is 1.53 bits per heavy atom. The van der Waals surface area contributed by atoms with Crippen LogP contribution in [0.25, 0.3) is 0 Å². The lowest BCUT2D eigenvalue weighted by molar-refractivity contribution is -0.353. The first kappa shape index (κ1) is 15.7. The number of esters is 1. The molecule has 0 aliphatic carbocycles. The largest absolute Gasteiger partial charge is 0.466 e. The SMILES string of the molecule is C=C(CC(F)(F)C(F)(F)C(F)(F)F)C(=O)OC. The number of carbonyl (C=O) groups excluding carboxylic acids is 1. The van der Waals surface area contributed by atoms with Gasteiger partial charge in [-0.3, -0.25) is 0 Å². The van der Waals surface area contributed by atoms with E-state index in [0.717, 1.165) is 7.11 Å². The van der Waals surface area contributed by atoms with E-state index in [9.17, 15) is 35.5 Å². The topological polar surface area (TPSA) is 26.3 Å². The first-order chi connectivity index (χ1) is 7.37. The second-order valence-electron chi connectivity index (χ2n) is 3.05. The molecule has 0 fully saturated rings. The van der Waals surface area contributed by atoms with Crippen molar-refractivity contribution in [2.24, 2.45) is 0 Å². The molecule has 0 radical (unpaired) electrons. The molecule has 0 amide bonds. The van der Waals surface area contributed by atoms with Crippen molar-refractivity contribution in [3.63, 3.8) is 0 Å². The van der Waals surface area contributed by atoms with E-state index in [4.69, 9.17) is 0 Å². The van der Waals surface area contributed by atoms with Crippen LogP contribution in [0.5, 0.6) is 0 Å². The predicted octanol–water partition coefficient (Wildman–Crippen LogP) is 2.94. The Labute approximate surface area is 91.0 Å². The van der Waals surface area contributed by atoms with Gasteiger partial charge in [0.2, 0.25) is 0 Å². The quantitative estimate of drug-likeness (QED) is 0.445. The van der Waals surface area contributed by atoms with E-state index in [1.807, 2.05) is 0 Å². The molecule has 0 saturated carbocycles. The van der Waals surface area contributed by atoms with E-state index < -0.39 is 36.0 Å². The third kappa shape index (κ3) is 3.10. The predicted molar refractivity (Wildman–Crippen MR) is 41.7 cm³/mol. The molecule has 0 aromatic carbocycles. The van der Waals surface area contributed by atoms with Gasteiger partial charge in [0.05, 0.1) is 7.11 Å². The standard InChI is InChI=1S/C8H7F7O2/c1-4(5(16)17-2)3-6(9,10)7(11,12)8(13,14)15/h1,3H2,2H3. The van der Waals surface area contributed by atoms with Crippen molar-refractivity contribution in [1.29, 1.82) is 0 Å². The highest BCUT2D eigenvalue weighted by atomic mass is 19.4. The van der Waals surface area contributed by atoms with Gasteiger partial charge in [0.15, 0.2) is 0 Å². The molecule has 0 aromatic heterocycles. The Balaban J connectivity index is 5.04. The fourth-order valence-electron chi connectivity index (χ4n) is 0.803. The molecule has 0 aliphatic rings. The van der Waals surface area contributed by atoms with Crippen LogP contribution in [0.1, 0.15) is 6.42 Å². The van der Waals surface area contributed by atoms with Gasteiger partial charge >= 0.3 is 24.0 Å². The number of ether oxygens (including phenoxy) is 1. The Kier molecular flexibility index (Phi) is 4.19. The summed E-state index contributed by atoms with van der Waals surface area (Å²) in [6.45, 7) is 2.65. The summed E-state index contributed by atoms with van der Waals surface area (Å²) >= 11 is 0. The number of rotatable bonds is 4. The van der Waals surface area contributed by atoms with Gasteiger partial charge in [-0.1, -0.05) is 6.58 Å². The van der Waals surface area contributed by atoms with Crippen molar-refractivity contribution in [3.05, 3.63) is 12.2 Å². The second-order valence-corrected chi connectivity index (χ2v) is 3.05. The van der Waals surface area contributed by atoms with Crippen LogP contribution in [-0.2, 0) is 9.53 Å². The summed E-state index contributed by atoms with van der Waals surface area (Å²) < 4.78 is 89.1. The summed E-state index contributed by atoms with van der Waals surface area (Å²) in [5.41, 5.74) is -1.18. The number of hydrogen-bond acceptors (Lipinski definition) is 2. The normalized spacial score (nSPS) is 13.4. The molecule has 100 valence electrons. The van der Waals surface area contributed by atoms with E-state index in [2.05, 4.69) is 11.3 Å². The molecule has 0 aromatic rings. The van der Waals surface area contributed by atoms with Gasteiger partial charge < -0.3 is 4.74 Å². The van der Waals surface area contributed by atoms with E-state index >= 15 is 0 Å². The first-order valence-electron chi connectivity index (χ1n) is 3.95. The zero-order valence-corrected chi connectivity index (χ0v) is 8.38. The highest BCUT2D eigenvalue weighted by Gasteiger charge is 2.72. The second kappa shape index (κ2) is 4.53. The summed E-state index contributed by atoms with van der Waals surface area (Å²) in [5, 5.41) is 0. The van der Waals surface area contributed by atoms with Gasteiger partial charge in [0, 0.05) is 12.0 Å². The summed E-state index contributed by atoms with van der Waals surface area (Å²) in [7, 11) is 0.744. The molecule has 0 rings (SSSR count). The molecule has 0 heterocycles. The van der Waals surface area contributed by atoms with Gasteiger partial charge in [-0.15, -0.1) is 0 Å². The maximum Gasteiger partial charge on any atom is 0.459 e. The smallest absolute Gasteiger partial charge is 0.459 e. The van der Waals surface area contributed by atoms with E-state index in [0.29, 0.717) is 0 Å². The highest BCUT2D eigenvalue weighted by molar-refractivity contribution is 5.87. The Morgan fingerprint density at radius 3 is 1.82 bits per heavy atom. The number of alkyl halides is 7. The van der Waals surface area contributed by atoms with Crippen LogP contribution in [0.2, 0.25) is 0 Å². The Bertz CT molecular complexity index is 318. The van der Waals surface area contributed by atoms with E-state index in [-0.39, 0.29) is 0 Å². The van der Waals surface area contributed by atoms with Crippen LogP contribution in [0, 0.1) is 0 Å². The lowest BCUT2D eigenvalue weighted by Crippen LogP contribution is -2.52. The lowest BCUT2D eigenvalue weighted by atomic mass is 10.0. The zero-order chi connectivity index (χ0) is 14.1. The van der Waals surface area contributed by atoms with Crippen LogP contribution in [0.3, 0.4) is 0 Å². The van der Waals surface area contributed by atoms with E-state index in [1.165, 1.54) is 0 Å². The van der Waals surface area contributed by atoms with Crippen LogP contribution in [-0.4, -0.2) is 31.1 Å². The highest BCUT2D eigenvalue weighted by Crippen LogP contribution is 2.48. The fourth-order valence-corrected chi connectivity index (χ4v) is 0.803. The average molecular weight is 268 g/mol. The molecule has 17 heavy (non-hydrogen) atoms. The summed E-state index contributed by atoms with van der Waals surface area (Å²) in [6, 6.07) is 0. The third-order valence-corrected chi connectivity index (χ3v) is 1.72. The van der Waals surface area contributed by atoms with Gasteiger partial charge in [0.1, 0.15) is 0 Å². The molecule has 0 bridgehead atoms. The molecule has 0 spiro atoms. The fraction of sp³-hybridized carbons (Fsp3) is 0.625. The number of hydrogen-bond donors (Lipinski definition) is 0. The third-order valence-electron chi connectivity index (χ3n) is 1.72. The minimum absolute atomic E-state index is 0.744. The van der Waals surface area contributed by atoms with Crippen LogP contribution in [0.15, 0.2) is 12.2 Å². The minimum Gasteiger partial charge on any atom is -0.466 e. The lowest BCUT2D eigenvalue weighted by Gasteiger charge is -2.28. The Hall–Kier alpha value is -1.28. The number of methoxy groups -OCH3 is 1. The maximum atomic E-state index is 12.7. The minimum atomic E-state index is -6.42. The molecular weight excluding hydrogens is 261 g/mol. The van der Waals surface area contributed by atoms with Crippen molar-refractivity contribution >= 4 is 5.97 Å². The molecule has 2 nitrogen and oxygen atoms in total. The van der Waals surface area contributed by atoms with Gasteiger partial charge in [-0.05, 0) is 0 Å². The molecule has 0 atom stereocenters. The number of carbonyl (C=O) groups is 1. The van der Waals surface area contributed by atoms with Crippen molar-refractivity contribution in [1.82, 2.24) is 0 Å². The molecule has 0 aliphatic heterocycles. The van der Waals surface area contributed by atoms with Gasteiger partial charge in [-0.2, -0.15) is 30.7 Å². The molecule has 0 unspecified atom stereocenters. The summed E-state index contributed by atoms with van der Waals surface area (Å²) in [5.74, 6) is -13.2. The van der Waals surface area contributed by atoms with Crippen LogP contribution < -0.4 is 0 Å². The van der Waals surface area contributed by atoms with E-state index in [1.54, 1.807) is 0 Å². The number of halogens is 7. The molecule has 0 N–H and O–H groups in total. The van der Waals surface area contributed by atoms with Crippen LogP contribution >= 0.6 is 0 Å². The average Bonchev–Trinajstić information content (AvgIpc) is 2.13. The zero-order valence-electron chi connectivity index (χ0n) is 8.38. The van der Waals surface area contributed by atoms with Gasteiger partial charge in [0.25, 0.3) is 0 Å². The molecule has 0 saturated heterocycles. The summed E-state index contributed by atoms with van der Waals surface area (Å²) in [6.07, 6.45) is -8.57. The summed E-state index contributed by atoms with van der Waals surface area (Å²) in [4.78, 5) is 10.6. The first-order valence-corrected chi connectivity index (χ1v) is 3.95. The van der Waals surface area contributed by atoms with Crippen molar-refractivity contribution < 1.29 is 40.3 Å². The molecular formula is C8H7F7O2.